The van der Waals surface area contributed by atoms with Crippen LogP contribution in [0.4, 0.5) is 17.1 Å². The standard InChI is InChI=1S/C67H43NO2/c1-4-16-44(17-5-1)46-30-35-50(36-31-46)68(52-39-41-62-58(43-52)66-56(25-15-29-64(66)70-62)55-24-14-28-63-65(55)57-23-11-13-27-61(57)69-63)51-37-33-49(34-38-51)67(48-20-8-3-9-21-48)59-26-12-10-22-53(59)54-40-32-47(42-60(54)67)45-18-6-2-7-19-45/h1-43H. The minimum atomic E-state index is -0.563. The lowest BCUT2D eigenvalue weighted by Gasteiger charge is -2.34. The molecule has 1 aliphatic carbocycles. The van der Waals surface area contributed by atoms with E-state index in [-0.39, 0.29) is 0 Å². The highest BCUT2D eigenvalue weighted by atomic mass is 16.3. The maximum absolute atomic E-state index is 6.68. The average Bonchev–Trinajstić information content (AvgIpc) is 4.10. The van der Waals surface area contributed by atoms with E-state index in [4.69, 9.17) is 8.83 Å². The molecule has 0 N–H and O–H groups in total. The number of rotatable bonds is 8. The summed E-state index contributed by atoms with van der Waals surface area (Å²) >= 11 is 0. The van der Waals surface area contributed by atoms with Crippen molar-refractivity contribution in [3.05, 3.63) is 283 Å². The molecular formula is C67H43NO2. The highest BCUT2D eigenvalue weighted by Crippen LogP contribution is 2.57. The van der Waals surface area contributed by atoms with Gasteiger partial charge in [0.15, 0.2) is 0 Å². The summed E-state index contributed by atoms with van der Waals surface area (Å²) in [5.74, 6) is 0. The Labute approximate surface area is 405 Å². The minimum absolute atomic E-state index is 0.563. The SMILES string of the molecule is c1ccc(-c2ccc(N(c3ccc(C4(c5ccccc5)c5ccccc5-c5ccc(-c6ccccc6)cc54)cc3)c3ccc4oc5cccc(-c6cccc7oc8ccccc8c67)c5c4c3)cc2)cc1. The Kier molecular flexibility index (Phi) is 9.11. The molecule has 1 atom stereocenters. The van der Waals surface area contributed by atoms with E-state index in [0.29, 0.717) is 0 Å². The van der Waals surface area contributed by atoms with E-state index in [1.54, 1.807) is 0 Å². The van der Waals surface area contributed by atoms with Crippen molar-refractivity contribution in [2.24, 2.45) is 0 Å². The summed E-state index contributed by atoms with van der Waals surface area (Å²) in [4.78, 5) is 2.38. The third kappa shape index (κ3) is 6.15. The zero-order valence-corrected chi connectivity index (χ0v) is 38.1. The molecule has 1 aliphatic rings. The zero-order chi connectivity index (χ0) is 46.2. The topological polar surface area (TPSA) is 29.5 Å². The number of benzene rings is 11. The van der Waals surface area contributed by atoms with Gasteiger partial charge in [0, 0.05) is 38.6 Å². The Morgan fingerprint density at radius 3 is 1.44 bits per heavy atom. The number of furan rings is 2. The molecule has 0 fully saturated rings. The van der Waals surface area contributed by atoms with Gasteiger partial charge in [-0.15, -0.1) is 0 Å². The van der Waals surface area contributed by atoms with Crippen LogP contribution < -0.4 is 4.90 Å². The van der Waals surface area contributed by atoms with Crippen LogP contribution in [0.1, 0.15) is 22.3 Å². The zero-order valence-electron chi connectivity index (χ0n) is 38.1. The number of nitrogens with zero attached hydrogens (tertiary/aromatic N) is 1. The molecule has 2 aromatic heterocycles. The second-order valence-corrected chi connectivity index (χ2v) is 18.3. The van der Waals surface area contributed by atoms with Crippen molar-refractivity contribution in [3.8, 4) is 44.5 Å². The summed E-state index contributed by atoms with van der Waals surface area (Å²) in [5.41, 5.74) is 20.5. The van der Waals surface area contributed by atoms with Gasteiger partial charge in [0.25, 0.3) is 0 Å². The first-order valence-corrected chi connectivity index (χ1v) is 24.0. The molecule has 1 unspecified atom stereocenters. The van der Waals surface area contributed by atoms with Crippen LogP contribution in [0.2, 0.25) is 0 Å². The Balaban J connectivity index is 0.963. The lowest BCUT2D eigenvalue weighted by Crippen LogP contribution is -2.28. The molecule has 14 rings (SSSR count). The van der Waals surface area contributed by atoms with Crippen LogP contribution in [0.3, 0.4) is 0 Å². The fourth-order valence-electron chi connectivity index (χ4n) is 11.5. The monoisotopic (exact) mass is 893 g/mol. The van der Waals surface area contributed by atoms with Gasteiger partial charge in [0.05, 0.1) is 5.41 Å². The molecule has 0 saturated carbocycles. The van der Waals surface area contributed by atoms with Gasteiger partial charge in [-0.1, -0.05) is 194 Å². The minimum Gasteiger partial charge on any atom is -0.456 e. The lowest BCUT2D eigenvalue weighted by atomic mass is 9.67. The van der Waals surface area contributed by atoms with Gasteiger partial charge in [0.1, 0.15) is 22.3 Å². The van der Waals surface area contributed by atoms with E-state index in [1.165, 1.54) is 55.6 Å². The summed E-state index contributed by atoms with van der Waals surface area (Å²) in [6.07, 6.45) is 0. The van der Waals surface area contributed by atoms with E-state index >= 15 is 0 Å². The van der Waals surface area contributed by atoms with Crippen molar-refractivity contribution in [3.63, 3.8) is 0 Å². The summed E-state index contributed by atoms with van der Waals surface area (Å²) in [5, 5.41) is 4.33. The summed E-state index contributed by atoms with van der Waals surface area (Å²) in [6.45, 7) is 0. The highest BCUT2D eigenvalue weighted by molar-refractivity contribution is 6.19. The molecule has 3 nitrogen and oxygen atoms in total. The normalized spacial score (nSPS) is 14.1. The van der Waals surface area contributed by atoms with Gasteiger partial charge in [-0.25, -0.2) is 0 Å². The number of hydrogen-bond acceptors (Lipinski definition) is 3. The van der Waals surface area contributed by atoms with Crippen LogP contribution >= 0.6 is 0 Å². The third-order valence-electron chi connectivity index (χ3n) is 14.6. The molecule has 0 saturated heterocycles. The molecule has 70 heavy (non-hydrogen) atoms. The molecule has 0 spiro atoms. The van der Waals surface area contributed by atoms with Crippen LogP contribution in [0.25, 0.3) is 88.4 Å². The Bertz CT molecular complexity index is 4100. The number of hydrogen-bond donors (Lipinski definition) is 0. The summed E-state index contributed by atoms with van der Waals surface area (Å²) in [6, 6.07) is 94.3. The molecule has 0 bridgehead atoms. The molecule has 2 heterocycles. The molecule has 0 radical (unpaired) electrons. The van der Waals surface area contributed by atoms with Gasteiger partial charge in [-0.05, 0) is 133 Å². The predicted molar refractivity (Wildman–Crippen MR) is 289 cm³/mol. The molecule has 328 valence electrons. The van der Waals surface area contributed by atoms with Gasteiger partial charge in [-0.3, -0.25) is 0 Å². The van der Waals surface area contributed by atoms with Crippen molar-refractivity contribution in [1.29, 1.82) is 0 Å². The third-order valence-corrected chi connectivity index (χ3v) is 14.6. The number of para-hydroxylation sites is 1. The average molecular weight is 894 g/mol. The van der Waals surface area contributed by atoms with Gasteiger partial charge >= 0.3 is 0 Å². The molecular weight excluding hydrogens is 851 g/mol. The van der Waals surface area contributed by atoms with Crippen molar-refractivity contribution >= 4 is 60.9 Å². The van der Waals surface area contributed by atoms with E-state index < -0.39 is 5.41 Å². The molecule has 11 aromatic carbocycles. The van der Waals surface area contributed by atoms with Gasteiger partial charge in [0.2, 0.25) is 0 Å². The quantitative estimate of drug-likeness (QED) is 0.152. The van der Waals surface area contributed by atoms with Crippen LogP contribution in [0, 0.1) is 0 Å². The van der Waals surface area contributed by atoms with Crippen LogP contribution in [0.15, 0.2) is 270 Å². The van der Waals surface area contributed by atoms with Crippen molar-refractivity contribution in [2.75, 3.05) is 4.90 Å². The smallest absolute Gasteiger partial charge is 0.136 e. The predicted octanol–water partition coefficient (Wildman–Crippen LogP) is 18.3. The molecule has 0 aliphatic heterocycles. The largest absolute Gasteiger partial charge is 0.456 e. The van der Waals surface area contributed by atoms with Crippen molar-refractivity contribution in [1.82, 2.24) is 0 Å². The fourth-order valence-corrected chi connectivity index (χ4v) is 11.5. The maximum Gasteiger partial charge on any atom is 0.136 e. The molecule has 3 heteroatoms. The fraction of sp³-hybridized carbons (Fsp3) is 0.0149. The van der Waals surface area contributed by atoms with E-state index in [2.05, 4.69) is 254 Å². The Morgan fingerprint density at radius 2 is 0.743 bits per heavy atom. The Morgan fingerprint density at radius 1 is 0.271 bits per heavy atom. The van der Waals surface area contributed by atoms with Crippen molar-refractivity contribution in [2.45, 2.75) is 5.41 Å². The number of fused-ring (bicyclic) bond motifs is 9. The Hall–Kier alpha value is -9.18. The van der Waals surface area contributed by atoms with Crippen molar-refractivity contribution < 1.29 is 8.83 Å². The first kappa shape index (κ1) is 39.9. The summed E-state index contributed by atoms with van der Waals surface area (Å²) in [7, 11) is 0. The van der Waals surface area contributed by atoms with Crippen LogP contribution in [0.5, 0.6) is 0 Å². The van der Waals surface area contributed by atoms with E-state index in [9.17, 15) is 0 Å². The van der Waals surface area contributed by atoms with E-state index in [1.807, 2.05) is 12.1 Å². The first-order chi connectivity index (χ1) is 34.7. The number of anilines is 3. The van der Waals surface area contributed by atoms with Crippen LogP contribution in [-0.4, -0.2) is 0 Å². The maximum atomic E-state index is 6.68. The van der Waals surface area contributed by atoms with Gasteiger partial charge < -0.3 is 13.7 Å². The first-order valence-electron chi connectivity index (χ1n) is 24.0. The lowest BCUT2D eigenvalue weighted by molar-refractivity contribution is 0.668. The molecule has 0 amide bonds. The van der Waals surface area contributed by atoms with Gasteiger partial charge in [-0.2, -0.15) is 0 Å². The highest BCUT2D eigenvalue weighted by Gasteiger charge is 2.46. The molecule has 13 aromatic rings. The second kappa shape index (κ2) is 16.0. The second-order valence-electron chi connectivity index (χ2n) is 18.3. The van der Waals surface area contributed by atoms with E-state index in [0.717, 1.165) is 72.1 Å². The summed E-state index contributed by atoms with van der Waals surface area (Å²) < 4.78 is 13.1. The van der Waals surface area contributed by atoms with Crippen LogP contribution in [-0.2, 0) is 5.41 Å².